The van der Waals surface area contributed by atoms with Crippen LogP contribution in [0.15, 0.2) is 47.8 Å². The highest BCUT2D eigenvalue weighted by atomic mass is 127. The molecule has 132 valence electrons. The van der Waals surface area contributed by atoms with Crippen molar-refractivity contribution in [1.29, 1.82) is 0 Å². The molecule has 1 aliphatic rings. The molecule has 2 heterocycles. The number of nitrogens with one attached hydrogen (secondary N) is 2. The molecule has 7 heteroatoms. The van der Waals surface area contributed by atoms with Crippen molar-refractivity contribution in [3.05, 3.63) is 62.5 Å². The molecule has 1 amide bonds. The number of benzene rings is 2. The van der Waals surface area contributed by atoms with Crippen LogP contribution < -0.4 is 15.4 Å². The SMILES string of the molecule is COc1cc(C2NC(=O)c3c(-c4ccccc4)csc3N2)cc(I)c1O. The van der Waals surface area contributed by atoms with Crippen LogP contribution in [0.25, 0.3) is 11.1 Å². The molecule has 3 N–H and O–H groups in total. The second-order valence-corrected chi connectivity index (χ2v) is 7.87. The highest BCUT2D eigenvalue weighted by Gasteiger charge is 2.30. The summed E-state index contributed by atoms with van der Waals surface area (Å²) in [7, 11) is 1.51. The lowest BCUT2D eigenvalue weighted by Gasteiger charge is -2.27. The van der Waals surface area contributed by atoms with Gasteiger partial charge in [0.25, 0.3) is 5.91 Å². The van der Waals surface area contributed by atoms with Crippen LogP contribution in [0.1, 0.15) is 22.1 Å². The Bertz CT molecular complexity index is 988. The number of ether oxygens (including phenoxy) is 1. The first-order chi connectivity index (χ1) is 12.6. The van der Waals surface area contributed by atoms with Gasteiger partial charge in [-0.1, -0.05) is 30.3 Å². The maximum atomic E-state index is 12.8. The van der Waals surface area contributed by atoms with Gasteiger partial charge < -0.3 is 20.5 Å². The lowest BCUT2D eigenvalue weighted by Crippen LogP contribution is -2.38. The highest BCUT2D eigenvalue weighted by Crippen LogP contribution is 2.41. The van der Waals surface area contributed by atoms with Crippen LogP contribution in [-0.2, 0) is 0 Å². The van der Waals surface area contributed by atoms with E-state index in [1.165, 1.54) is 18.4 Å². The zero-order chi connectivity index (χ0) is 18.3. The van der Waals surface area contributed by atoms with Gasteiger partial charge in [0.05, 0.1) is 16.2 Å². The minimum absolute atomic E-state index is 0.0992. The Morgan fingerprint density at radius 1 is 1.19 bits per heavy atom. The van der Waals surface area contributed by atoms with Crippen LogP contribution in [0.3, 0.4) is 0 Å². The fourth-order valence-corrected chi connectivity index (χ4v) is 4.59. The number of thiophene rings is 1. The summed E-state index contributed by atoms with van der Waals surface area (Å²) in [5.74, 6) is 0.359. The van der Waals surface area contributed by atoms with Gasteiger partial charge in [0.15, 0.2) is 11.5 Å². The zero-order valence-corrected chi connectivity index (χ0v) is 16.7. The Morgan fingerprint density at radius 2 is 1.96 bits per heavy atom. The summed E-state index contributed by atoms with van der Waals surface area (Å²) in [5, 5.41) is 19.2. The average molecular weight is 478 g/mol. The molecule has 0 radical (unpaired) electrons. The molecule has 1 unspecified atom stereocenters. The largest absolute Gasteiger partial charge is 0.504 e. The van der Waals surface area contributed by atoms with E-state index in [1.807, 2.05) is 64.4 Å². The smallest absolute Gasteiger partial charge is 0.256 e. The predicted molar refractivity (Wildman–Crippen MR) is 111 cm³/mol. The lowest BCUT2D eigenvalue weighted by molar-refractivity contribution is 0.0937. The van der Waals surface area contributed by atoms with Crippen molar-refractivity contribution < 1.29 is 14.6 Å². The molecule has 1 aromatic heterocycles. The number of rotatable bonds is 3. The van der Waals surface area contributed by atoms with Gasteiger partial charge in [-0.3, -0.25) is 4.79 Å². The van der Waals surface area contributed by atoms with Crippen molar-refractivity contribution in [3.63, 3.8) is 0 Å². The summed E-state index contributed by atoms with van der Waals surface area (Å²) >= 11 is 3.56. The number of hydrogen-bond acceptors (Lipinski definition) is 5. The number of amides is 1. The standard InChI is InChI=1S/C19H15IN2O3S/c1-25-14-8-11(7-13(20)16(14)23)17-21-18(24)15-12(9-26-19(15)22-17)10-5-3-2-4-6-10/h2-9,17,22-23H,1H3,(H,21,24). The van der Waals surface area contributed by atoms with Crippen molar-refractivity contribution in [2.24, 2.45) is 0 Å². The summed E-state index contributed by atoms with van der Waals surface area (Å²) < 4.78 is 5.88. The number of fused-ring (bicyclic) bond motifs is 1. The first kappa shape index (κ1) is 17.2. The molecule has 0 bridgehead atoms. The molecule has 0 aliphatic carbocycles. The third kappa shape index (κ3) is 2.90. The average Bonchev–Trinajstić information content (AvgIpc) is 3.09. The van der Waals surface area contributed by atoms with E-state index >= 15 is 0 Å². The van der Waals surface area contributed by atoms with Crippen LogP contribution in [0.2, 0.25) is 0 Å². The Hall–Kier alpha value is -2.26. The van der Waals surface area contributed by atoms with E-state index in [-0.39, 0.29) is 17.8 Å². The van der Waals surface area contributed by atoms with Crippen molar-refractivity contribution in [3.8, 4) is 22.6 Å². The number of carbonyl (C=O) groups is 1. The third-order valence-electron chi connectivity index (χ3n) is 4.26. The lowest BCUT2D eigenvalue weighted by atomic mass is 10.0. The van der Waals surface area contributed by atoms with E-state index < -0.39 is 0 Å². The van der Waals surface area contributed by atoms with E-state index in [4.69, 9.17) is 4.74 Å². The maximum Gasteiger partial charge on any atom is 0.256 e. The summed E-state index contributed by atoms with van der Waals surface area (Å²) in [4.78, 5) is 12.8. The first-order valence-electron chi connectivity index (χ1n) is 7.89. The minimum Gasteiger partial charge on any atom is -0.504 e. The predicted octanol–water partition coefficient (Wildman–Crippen LogP) is 4.59. The summed E-state index contributed by atoms with van der Waals surface area (Å²) in [6, 6.07) is 13.4. The van der Waals surface area contributed by atoms with Crippen molar-refractivity contribution in [2.75, 3.05) is 12.4 Å². The van der Waals surface area contributed by atoms with Gasteiger partial charge in [-0.05, 0) is 45.9 Å². The Morgan fingerprint density at radius 3 is 2.69 bits per heavy atom. The fraction of sp³-hybridized carbons (Fsp3) is 0.105. The number of halogens is 1. The highest BCUT2D eigenvalue weighted by molar-refractivity contribution is 14.1. The topological polar surface area (TPSA) is 70.6 Å². The van der Waals surface area contributed by atoms with Crippen LogP contribution in [0.5, 0.6) is 11.5 Å². The van der Waals surface area contributed by atoms with E-state index in [1.54, 1.807) is 6.07 Å². The Kier molecular flexibility index (Phi) is 4.49. The number of hydrogen-bond donors (Lipinski definition) is 3. The van der Waals surface area contributed by atoms with Gasteiger partial charge in [-0.25, -0.2) is 0 Å². The summed E-state index contributed by atoms with van der Waals surface area (Å²) in [6.07, 6.45) is -0.389. The molecule has 0 saturated carbocycles. The molecule has 1 aliphatic heterocycles. The van der Waals surface area contributed by atoms with Crippen molar-refractivity contribution in [2.45, 2.75) is 6.17 Å². The molecule has 0 saturated heterocycles. The Balaban J connectivity index is 1.71. The number of carbonyl (C=O) groups excluding carboxylic acids is 1. The second-order valence-electron chi connectivity index (χ2n) is 5.82. The molecular weight excluding hydrogens is 463 g/mol. The number of aromatic hydroxyl groups is 1. The maximum absolute atomic E-state index is 12.8. The van der Waals surface area contributed by atoms with Gasteiger partial charge in [0.2, 0.25) is 0 Å². The van der Waals surface area contributed by atoms with Gasteiger partial charge >= 0.3 is 0 Å². The van der Waals surface area contributed by atoms with Crippen LogP contribution in [-0.4, -0.2) is 18.1 Å². The van der Waals surface area contributed by atoms with Gasteiger partial charge in [0, 0.05) is 10.9 Å². The number of methoxy groups -OCH3 is 1. The zero-order valence-electron chi connectivity index (χ0n) is 13.7. The Labute approximate surface area is 168 Å². The number of phenols is 1. The van der Waals surface area contributed by atoms with E-state index in [2.05, 4.69) is 10.6 Å². The normalized spacial score (nSPS) is 15.8. The summed E-state index contributed by atoms with van der Waals surface area (Å²) in [5.41, 5.74) is 3.42. The second kappa shape index (κ2) is 6.81. The van der Waals surface area contributed by atoms with E-state index in [0.29, 0.717) is 14.9 Å². The molecule has 5 nitrogen and oxygen atoms in total. The van der Waals surface area contributed by atoms with E-state index in [0.717, 1.165) is 21.7 Å². The molecule has 3 aromatic rings. The number of anilines is 1. The van der Waals surface area contributed by atoms with Crippen molar-refractivity contribution >= 4 is 44.8 Å². The first-order valence-corrected chi connectivity index (χ1v) is 9.85. The molecule has 2 aromatic carbocycles. The third-order valence-corrected chi connectivity index (χ3v) is 5.99. The fourth-order valence-electron chi connectivity index (χ4n) is 2.97. The monoisotopic (exact) mass is 478 g/mol. The molecule has 4 rings (SSSR count). The molecule has 1 atom stereocenters. The van der Waals surface area contributed by atoms with Crippen LogP contribution in [0.4, 0.5) is 5.00 Å². The van der Waals surface area contributed by atoms with Gasteiger partial charge in [-0.15, -0.1) is 11.3 Å². The van der Waals surface area contributed by atoms with Crippen molar-refractivity contribution in [1.82, 2.24) is 5.32 Å². The van der Waals surface area contributed by atoms with Gasteiger partial charge in [-0.2, -0.15) is 0 Å². The molecule has 0 spiro atoms. The van der Waals surface area contributed by atoms with Crippen LogP contribution >= 0.6 is 33.9 Å². The minimum atomic E-state index is -0.389. The van der Waals surface area contributed by atoms with E-state index in [9.17, 15) is 9.90 Å². The molecular formula is C19H15IN2O3S. The molecule has 0 fully saturated rings. The molecule has 26 heavy (non-hydrogen) atoms. The van der Waals surface area contributed by atoms with Gasteiger partial charge in [0.1, 0.15) is 11.2 Å². The summed E-state index contributed by atoms with van der Waals surface area (Å²) in [6.45, 7) is 0. The van der Waals surface area contributed by atoms with Crippen LogP contribution in [0, 0.1) is 3.57 Å². The quantitative estimate of drug-likeness (QED) is 0.482. The number of phenolic OH excluding ortho intramolecular Hbond substituents is 1.